The van der Waals surface area contributed by atoms with E-state index in [0.29, 0.717) is 10.9 Å². The summed E-state index contributed by atoms with van der Waals surface area (Å²) in [5.74, 6) is 1.36. The standard InChI is InChI=1S/C23H21ClN4OS/c24-17-7-9-20-21(11-14-26-22(20)15-17)25-12-4-13-28-30-19-8-10-23(27-16-19)29-18-5-2-1-3-6-18/h1-3,5-11,14-16,28H,4,12-13H2,(H,25,26). The number of hydrogen-bond donors (Lipinski definition) is 2. The summed E-state index contributed by atoms with van der Waals surface area (Å²) >= 11 is 7.61. The fourth-order valence-electron chi connectivity index (χ4n) is 2.89. The Hall–Kier alpha value is -2.80. The molecule has 0 aliphatic heterocycles. The van der Waals surface area contributed by atoms with Crippen LogP contribution in [0.25, 0.3) is 10.9 Å². The number of nitrogens with zero attached hydrogens (tertiary/aromatic N) is 2. The number of benzene rings is 2. The van der Waals surface area contributed by atoms with Gasteiger partial charge in [0.2, 0.25) is 5.88 Å². The molecule has 152 valence electrons. The maximum Gasteiger partial charge on any atom is 0.219 e. The molecule has 0 aliphatic carbocycles. The molecule has 0 bridgehead atoms. The Labute approximate surface area is 185 Å². The van der Waals surface area contributed by atoms with Gasteiger partial charge in [0.1, 0.15) is 5.75 Å². The van der Waals surface area contributed by atoms with Gasteiger partial charge in [0.15, 0.2) is 0 Å². The summed E-state index contributed by atoms with van der Waals surface area (Å²) in [5.41, 5.74) is 1.97. The van der Waals surface area contributed by atoms with Gasteiger partial charge in [-0.1, -0.05) is 29.8 Å². The molecule has 2 N–H and O–H groups in total. The summed E-state index contributed by atoms with van der Waals surface area (Å²) < 4.78 is 9.08. The van der Waals surface area contributed by atoms with E-state index in [4.69, 9.17) is 16.3 Å². The van der Waals surface area contributed by atoms with Crippen LogP contribution in [0, 0.1) is 0 Å². The zero-order valence-electron chi connectivity index (χ0n) is 16.2. The highest BCUT2D eigenvalue weighted by Crippen LogP contribution is 2.24. The van der Waals surface area contributed by atoms with Crippen molar-refractivity contribution >= 4 is 40.1 Å². The Kier molecular flexibility index (Phi) is 7.03. The first kappa shape index (κ1) is 20.5. The third-order valence-corrected chi connectivity index (χ3v) is 5.40. The minimum absolute atomic E-state index is 0.584. The van der Waals surface area contributed by atoms with E-state index in [1.165, 1.54) is 0 Å². The van der Waals surface area contributed by atoms with E-state index in [2.05, 4.69) is 20.0 Å². The van der Waals surface area contributed by atoms with E-state index in [1.807, 2.05) is 72.9 Å². The number of rotatable bonds is 9. The van der Waals surface area contributed by atoms with Crippen LogP contribution >= 0.6 is 23.5 Å². The summed E-state index contributed by atoms with van der Waals surface area (Å²) in [6, 6.07) is 21.3. The summed E-state index contributed by atoms with van der Waals surface area (Å²) in [6.45, 7) is 1.73. The lowest BCUT2D eigenvalue weighted by molar-refractivity contribution is 0.462. The Bertz CT molecular complexity index is 1090. The first-order valence-electron chi connectivity index (χ1n) is 9.65. The number of halogens is 1. The first-order valence-corrected chi connectivity index (χ1v) is 10.8. The van der Waals surface area contributed by atoms with Gasteiger partial charge in [0.05, 0.1) is 5.52 Å². The second-order valence-corrected chi connectivity index (χ2v) is 7.94. The monoisotopic (exact) mass is 436 g/mol. The second-order valence-electron chi connectivity index (χ2n) is 6.54. The zero-order valence-corrected chi connectivity index (χ0v) is 17.8. The Morgan fingerprint density at radius 3 is 2.67 bits per heavy atom. The minimum Gasteiger partial charge on any atom is -0.439 e. The Morgan fingerprint density at radius 2 is 1.83 bits per heavy atom. The molecule has 0 unspecified atom stereocenters. The molecule has 0 atom stereocenters. The maximum atomic E-state index is 6.05. The number of anilines is 1. The summed E-state index contributed by atoms with van der Waals surface area (Å²) in [7, 11) is 0. The Morgan fingerprint density at radius 1 is 0.933 bits per heavy atom. The van der Waals surface area contributed by atoms with Gasteiger partial charge in [-0.05, 0) is 60.8 Å². The van der Waals surface area contributed by atoms with E-state index in [9.17, 15) is 0 Å². The summed E-state index contributed by atoms with van der Waals surface area (Å²) in [5, 5.41) is 5.25. The SMILES string of the molecule is Clc1ccc2c(NCCCNSc3ccc(Oc4ccccc4)nc3)ccnc2c1. The lowest BCUT2D eigenvalue weighted by atomic mass is 10.2. The van der Waals surface area contributed by atoms with E-state index in [0.717, 1.165) is 46.7 Å². The lowest BCUT2D eigenvalue weighted by Crippen LogP contribution is -2.11. The van der Waals surface area contributed by atoms with Crippen molar-refractivity contribution in [2.45, 2.75) is 11.3 Å². The first-order chi connectivity index (χ1) is 14.8. The van der Waals surface area contributed by atoms with Crippen molar-refractivity contribution < 1.29 is 4.74 Å². The number of nitrogens with one attached hydrogen (secondary N) is 2. The van der Waals surface area contributed by atoms with Crippen LogP contribution in [0.1, 0.15) is 6.42 Å². The third-order valence-electron chi connectivity index (χ3n) is 4.34. The minimum atomic E-state index is 0.584. The topological polar surface area (TPSA) is 59.1 Å². The van der Waals surface area contributed by atoms with Gasteiger partial charge in [-0.15, -0.1) is 0 Å². The number of hydrogen-bond acceptors (Lipinski definition) is 6. The Balaban J connectivity index is 1.19. The molecule has 0 radical (unpaired) electrons. The van der Waals surface area contributed by atoms with Gasteiger partial charge >= 0.3 is 0 Å². The van der Waals surface area contributed by atoms with Crippen molar-refractivity contribution in [3.63, 3.8) is 0 Å². The molecular formula is C23H21ClN4OS. The molecule has 0 saturated carbocycles. The predicted octanol–water partition coefficient (Wildman–Crippen LogP) is 6.17. The molecule has 0 saturated heterocycles. The summed E-state index contributed by atoms with van der Waals surface area (Å²) in [4.78, 5) is 9.76. The number of aromatic nitrogens is 2. The van der Waals surface area contributed by atoms with Gasteiger partial charge in [0, 0.05) is 52.5 Å². The molecule has 7 heteroatoms. The predicted molar refractivity (Wildman–Crippen MR) is 124 cm³/mol. The van der Waals surface area contributed by atoms with Crippen molar-refractivity contribution in [3.8, 4) is 11.6 Å². The van der Waals surface area contributed by atoms with Crippen LogP contribution in [0.5, 0.6) is 11.6 Å². The van der Waals surface area contributed by atoms with Gasteiger partial charge in [-0.2, -0.15) is 0 Å². The largest absolute Gasteiger partial charge is 0.439 e. The third kappa shape index (κ3) is 5.63. The van der Waals surface area contributed by atoms with Crippen LogP contribution in [0.3, 0.4) is 0 Å². The van der Waals surface area contributed by atoms with Gasteiger partial charge in [0.25, 0.3) is 0 Å². The lowest BCUT2D eigenvalue weighted by Gasteiger charge is -2.10. The fourth-order valence-corrected chi connectivity index (χ4v) is 3.71. The van der Waals surface area contributed by atoms with Crippen LogP contribution in [0.15, 0.2) is 84.0 Å². The van der Waals surface area contributed by atoms with Crippen LogP contribution < -0.4 is 14.8 Å². The van der Waals surface area contributed by atoms with E-state index in [-0.39, 0.29) is 0 Å². The molecular weight excluding hydrogens is 416 g/mol. The van der Waals surface area contributed by atoms with Crippen LogP contribution in [-0.2, 0) is 0 Å². The van der Waals surface area contributed by atoms with Crippen molar-refractivity contribution in [1.29, 1.82) is 0 Å². The van der Waals surface area contributed by atoms with Crippen LogP contribution in [0.4, 0.5) is 5.69 Å². The zero-order chi connectivity index (χ0) is 20.6. The molecule has 0 spiro atoms. The number of fused-ring (bicyclic) bond motifs is 1. The average molecular weight is 437 g/mol. The molecule has 4 rings (SSSR count). The molecule has 2 aromatic heterocycles. The molecule has 2 heterocycles. The molecule has 5 nitrogen and oxygen atoms in total. The normalized spacial score (nSPS) is 10.8. The second kappa shape index (κ2) is 10.3. The number of para-hydroxylation sites is 1. The summed E-state index contributed by atoms with van der Waals surface area (Å²) in [6.07, 6.45) is 4.59. The molecule has 0 amide bonds. The maximum absolute atomic E-state index is 6.05. The van der Waals surface area contributed by atoms with Crippen LogP contribution in [-0.4, -0.2) is 23.1 Å². The van der Waals surface area contributed by atoms with Crippen LogP contribution in [0.2, 0.25) is 5.02 Å². The van der Waals surface area contributed by atoms with Crippen molar-refractivity contribution in [2.75, 3.05) is 18.4 Å². The highest BCUT2D eigenvalue weighted by Gasteiger charge is 2.03. The van der Waals surface area contributed by atoms with Crippen molar-refractivity contribution in [1.82, 2.24) is 14.7 Å². The smallest absolute Gasteiger partial charge is 0.219 e. The average Bonchev–Trinajstić information content (AvgIpc) is 2.78. The highest BCUT2D eigenvalue weighted by atomic mass is 35.5. The highest BCUT2D eigenvalue weighted by molar-refractivity contribution is 7.97. The van der Waals surface area contributed by atoms with Gasteiger partial charge < -0.3 is 10.1 Å². The molecule has 2 aromatic carbocycles. The fraction of sp³-hybridized carbons (Fsp3) is 0.130. The van der Waals surface area contributed by atoms with E-state index >= 15 is 0 Å². The van der Waals surface area contributed by atoms with E-state index in [1.54, 1.807) is 18.1 Å². The van der Waals surface area contributed by atoms with Crippen molar-refractivity contribution in [3.05, 3.63) is 84.1 Å². The van der Waals surface area contributed by atoms with Gasteiger partial charge in [-0.3, -0.25) is 9.71 Å². The quantitative estimate of drug-likeness (QED) is 0.241. The van der Waals surface area contributed by atoms with E-state index < -0.39 is 0 Å². The molecule has 4 aromatic rings. The number of pyridine rings is 2. The molecule has 0 fully saturated rings. The molecule has 30 heavy (non-hydrogen) atoms. The number of ether oxygens (including phenoxy) is 1. The van der Waals surface area contributed by atoms with Crippen molar-refractivity contribution in [2.24, 2.45) is 0 Å². The van der Waals surface area contributed by atoms with Gasteiger partial charge in [-0.25, -0.2) is 4.98 Å². The molecule has 0 aliphatic rings.